The van der Waals surface area contributed by atoms with Gasteiger partial charge in [-0.05, 0) is 37.5 Å². The molecule has 0 aliphatic rings. The number of esters is 4. The van der Waals surface area contributed by atoms with Gasteiger partial charge in [-0.15, -0.1) is 0 Å². The standard InChI is InChI=1S/C73H142O17P2/c1-7-10-12-14-16-18-20-21-22-23-24-27-32-39-45-51-57-72(77)89-68(61-84-71(76)56-50-44-38-31-28-25-26-29-35-41-47-53-65(4)5)63-87-91(79,80)85-59-67(74)60-86-92(81,82)88-64-69(62-83-70(75)55-49-43-37-30-19-17-15-13-11-8-2)90-73(78)58-52-46-40-34-33-36-42-48-54-66(6)9-3/h65-69,74H,7-64H2,1-6H3,(H,79,80)(H,81,82)/t66?,67-,68-,69-/m1/s1. The van der Waals surface area contributed by atoms with Gasteiger partial charge in [-0.3, -0.25) is 37.3 Å². The Labute approximate surface area is 562 Å². The van der Waals surface area contributed by atoms with E-state index in [1.54, 1.807) is 0 Å². The molecule has 0 saturated heterocycles. The number of phosphoric acid groups is 2. The summed E-state index contributed by atoms with van der Waals surface area (Å²) in [6.07, 6.45) is 51.2. The molecule has 0 aromatic carbocycles. The number of carbonyl (C=O) groups excluding carboxylic acids is 4. The third kappa shape index (κ3) is 65.4. The van der Waals surface area contributed by atoms with E-state index in [1.807, 2.05) is 0 Å². The third-order valence-electron chi connectivity index (χ3n) is 17.3. The minimum atomic E-state index is -4.95. The van der Waals surface area contributed by atoms with Crippen LogP contribution in [0.2, 0.25) is 0 Å². The Bertz CT molecular complexity index is 1790. The van der Waals surface area contributed by atoms with Crippen LogP contribution in [0.5, 0.6) is 0 Å². The van der Waals surface area contributed by atoms with Crippen molar-refractivity contribution in [3.05, 3.63) is 0 Å². The highest BCUT2D eigenvalue weighted by molar-refractivity contribution is 7.47. The SMILES string of the molecule is CCCCCCCCCCCCCCCCCCC(=O)O[C@H](COC(=O)CCCCCCCCCCCCCC(C)C)COP(=O)(O)OC[C@@H](O)COP(=O)(O)OC[C@@H](COC(=O)CCCCCCCCCCCC)OC(=O)CCCCCCCCCCC(C)CC. The molecule has 3 unspecified atom stereocenters. The van der Waals surface area contributed by atoms with Gasteiger partial charge in [0.15, 0.2) is 12.2 Å². The Hall–Kier alpha value is -1.94. The lowest BCUT2D eigenvalue weighted by Gasteiger charge is -2.21. The van der Waals surface area contributed by atoms with Crippen molar-refractivity contribution in [1.29, 1.82) is 0 Å². The molecule has 0 rings (SSSR count). The zero-order valence-corrected chi connectivity index (χ0v) is 61.6. The van der Waals surface area contributed by atoms with Crippen LogP contribution in [0.1, 0.15) is 375 Å². The smallest absolute Gasteiger partial charge is 0.462 e. The highest BCUT2D eigenvalue weighted by Crippen LogP contribution is 2.45. The summed E-state index contributed by atoms with van der Waals surface area (Å²) in [6.45, 7) is 9.57. The molecule has 0 saturated carbocycles. The Morgan fingerprint density at radius 1 is 0.315 bits per heavy atom. The first-order valence-electron chi connectivity index (χ1n) is 38.0. The first-order chi connectivity index (χ1) is 44.4. The molecule has 6 atom stereocenters. The van der Waals surface area contributed by atoms with Crippen LogP contribution in [0.3, 0.4) is 0 Å². The number of carbonyl (C=O) groups is 4. The van der Waals surface area contributed by atoms with Gasteiger partial charge in [0.1, 0.15) is 19.3 Å². The van der Waals surface area contributed by atoms with E-state index in [1.165, 1.54) is 193 Å². The first kappa shape index (κ1) is 90.1. The molecule has 0 amide bonds. The molecule has 0 fully saturated rings. The average Bonchev–Trinajstić information content (AvgIpc) is 1.63. The van der Waals surface area contributed by atoms with E-state index < -0.39 is 97.5 Å². The monoisotopic (exact) mass is 1350 g/mol. The fraction of sp³-hybridized carbons (Fsp3) is 0.945. The van der Waals surface area contributed by atoms with Gasteiger partial charge in [0, 0.05) is 25.7 Å². The Morgan fingerprint density at radius 2 is 0.554 bits per heavy atom. The van der Waals surface area contributed by atoms with Gasteiger partial charge in [-0.1, -0.05) is 324 Å². The molecule has 0 spiro atoms. The van der Waals surface area contributed by atoms with Crippen molar-refractivity contribution < 1.29 is 80.2 Å². The fourth-order valence-corrected chi connectivity index (χ4v) is 12.7. The molecular weight excluding hydrogens is 1210 g/mol. The highest BCUT2D eigenvalue weighted by Gasteiger charge is 2.30. The summed E-state index contributed by atoms with van der Waals surface area (Å²) >= 11 is 0. The number of aliphatic hydroxyl groups excluding tert-OH is 1. The number of ether oxygens (including phenoxy) is 4. The molecule has 17 nitrogen and oxygen atoms in total. The molecule has 0 aliphatic heterocycles. The Kier molecular flexibility index (Phi) is 63.7. The molecule has 19 heteroatoms. The van der Waals surface area contributed by atoms with Crippen molar-refractivity contribution in [2.24, 2.45) is 11.8 Å². The zero-order valence-electron chi connectivity index (χ0n) is 59.9. The lowest BCUT2D eigenvalue weighted by molar-refractivity contribution is -0.161. The van der Waals surface area contributed by atoms with Crippen LogP contribution in [0.4, 0.5) is 0 Å². The summed E-state index contributed by atoms with van der Waals surface area (Å²) < 4.78 is 68.4. The Morgan fingerprint density at radius 3 is 0.826 bits per heavy atom. The number of hydrogen-bond donors (Lipinski definition) is 3. The molecule has 0 aliphatic carbocycles. The molecule has 3 N–H and O–H groups in total. The molecule has 92 heavy (non-hydrogen) atoms. The predicted octanol–water partition coefficient (Wildman–Crippen LogP) is 21.2. The van der Waals surface area contributed by atoms with Gasteiger partial charge in [0.2, 0.25) is 0 Å². The van der Waals surface area contributed by atoms with Gasteiger partial charge in [-0.25, -0.2) is 9.13 Å². The van der Waals surface area contributed by atoms with E-state index >= 15 is 0 Å². The minimum Gasteiger partial charge on any atom is -0.462 e. The van der Waals surface area contributed by atoms with Crippen molar-refractivity contribution >= 4 is 39.5 Å². The van der Waals surface area contributed by atoms with Crippen molar-refractivity contribution in [3.8, 4) is 0 Å². The molecule has 0 bridgehead atoms. The van der Waals surface area contributed by atoms with E-state index in [-0.39, 0.29) is 25.7 Å². The van der Waals surface area contributed by atoms with Crippen LogP contribution in [-0.4, -0.2) is 96.7 Å². The molecule has 0 aromatic heterocycles. The second-order valence-electron chi connectivity index (χ2n) is 27.1. The quantitative estimate of drug-likeness (QED) is 0.0222. The number of hydrogen-bond acceptors (Lipinski definition) is 15. The van der Waals surface area contributed by atoms with E-state index in [4.69, 9.17) is 37.0 Å². The summed E-state index contributed by atoms with van der Waals surface area (Å²) in [6, 6.07) is 0. The lowest BCUT2D eigenvalue weighted by Crippen LogP contribution is -2.30. The molecule has 546 valence electrons. The van der Waals surface area contributed by atoms with Gasteiger partial charge in [0.25, 0.3) is 0 Å². The predicted molar refractivity (Wildman–Crippen MR) is 372 cm³/mol. The van der Waals surface area contributed by atoms with Crippen LogP contribution >= 0.6 is 15.6 Å². The first-order valence-corrected chi connectivity index (χ1v) is 41.0. The van der Waals surface area contributed by atoms with Gasteiger partial charge in [-0.2, -0.15) is 0 Å². The second kappa shape index (κ2) is 65.0. The fourth-order valence-electron chi connectivity index (χ4n) is 11.1. The van der Waals surface area contributed by atoms with Gasteiger partial charge in [0.05, 0.1) is 26.4 Å². The normalized spacial score (nSPS) is 14.4. The van der Waals surface area contributed by atoms with Gasteiger partial charge >= 0.3 is 39.5 Å². The summed E-state index contributed by atoms with van der Waals surface area (Å²) in [4.78, 5) is 72.7. The number of aliphatic hydroxyl groups is 1. The van der Waals surface area contributed by atoms with Crippen LogP contribution < -0.4 is 0 Å². The van der Waals surface area contributed by atoms with Gasteiger partial charge < -0.3 is 33.8 Å². The summed E-state index contributed by atoms with van der Waals surface area (Å²) in [5, 5.41) is 10.6. The summed E-state index contributed by atoms with van der Waals surface area (Å²) in [5.41, 5.74) is 0. The number of phosphoric ester groups is 2. The van der Waals surface area contributed by atoms with E-state index in [0.717, 1.165) is 102 Å². The van der Waals surface area contributed by atoms with Crippen molar-refractivity contribution in [2.45, 2.75) is 394 Å². The average molecular weight is 1350 g/mol. The largest absolute Gasteiger partial charge is 0.472 e. The minimum absolute atomic E-state index is 0.105. The van der Waals surface area contributed by atoms with Crippen molar-refractivity contribution in [3.63, 3.8) is 0 Å². The number of rotatable bonds is 72. The molecular formula is C73H142O17P2. The zero-order chi connectivity index (χ0) is 67.9. The maximum Gasteiger partial charge on any atom is 0.472 e. The topological polar surface area (TPSA) is 237 Å². The van der Waals surface area contributed by atoms with E-state index in [2.05, 4.69) is 41.5 Å². The highest BCUT2D eigenvalue weighted by atomic mass is 31.2. The van der Waals surface area contributed by atoms with Crippen molar-refractivity contribution in [1.82, 2.24) is 0 Å². The maximum atomic E-state index is 13.1. The third-order valence-corrected chi connectivity index (χ3v) is 19.2. The summed E-state index contributed by atoms with van der Waals surface area (Å²) in [7, 11) is -9.91. The molecule has 0 aromatic rings. The second-order valence-corrected chi connectivity index (χ2v) is 30.0. The van der Waals surface area contributed by atoms with E-state index in [0.29, 0.717) is 25.7 Å². The maximum absolute atomic E-state index is 13.1. The number of unbranched alkanes of at least 4 members (excludes halogenated alkanes) is 41. The Balaban J connectivity index is 5.25. The van der Waals surface area contributed by atoms with Crippen LogP contribution in [0, 0.1) is 11.8 Å². The van der Waals surface area contributed by atoms with Crippen LogP contribution in [0.15, 0.2) is 0 Å². The molecule has 0 heterocycles. The van der Waals surface area contributed by atoms with Crippen molar-refractivity contribution in [2.75, 3.05) is 39.6 Å². The van der Waals surface area contributed by atoms with E-state index in [9.17, 15) is 43.2 Å². The molecule has 0 radical (unpaired) electrons. The summed E-state index contributed by atoms with van der Waals surface area (Å²) in [5.74, 6) is -0.579. The lowest BCUT2D eigenvalue weighted by atomic mass is 9.99. The van der Waals surface area contributed by atoms with Crippen LogP contribution in [0.25, 0.3) is 0 Å². The van der Waals surface area contributed by atoms with Crippen LogP contribution in [-0.2, 0) is 65.4 Å².